The maximum atomic E-state index is 13.3. The summed E-state index contributed by atoms with van der Waals surface area (Å²) in [5.74, 6) is -0.411. The number of carbonyl (C=O) groups is 2. The number of pyridine rings is 1. The van der Waals surface area contributed by atoms with Crippen LogP contribution in [0.4, 0.5) is 30.5 Å². The second kappa shape index (κ2) is 10.8. The fourth-order valence-corrected chi connectivity index (χ4v) is 3.73. The Hall–Kier alpha value is -3.93. The van der Waals surface area contributed by atoms with E-state index in [-0.39, 0.29) is 34.8 Å². The highest BCUT2D eigenvalue weighted by Gasteiger charge is 2.51. The third kappa shape index (κ3) is 6.68. The van der Waals surface area contributed by atoms with E-state index in [1.165, 1.54) is 30.7 Å². The van der Waals surface area contributed by atoms with Crippen molar-refractivity contribution in [3.63, 3.8) is 0 Å². The van der Waals surface area contributed by atoms with Crippen molar-refractivity contribution in [2.24, 2.45) is 0 Å². The Bertz CT molecular complexity index is 1310. The predicted octanol–water partition coefficient (Wildman–Crippen LogP) is 4.69. The highest BCUT2D eigenvalue weighted by atomic mass is 35.5. The van der Waals surface area contributed by atoms with Gasteiger partial charge in [-0.2, -0.15) is 13.2 Å². The average molecular weight is 548 g/mol. The van der Waals surface area contributed by atoms with Gasteiger partial charge in [-0.05, 0) is 57.0 Å². The lowest BCUT2D eigenvalue weighted by atomic mass is 10.1. The molecule has 1 saturated carbocycles. The summed E-state index contributed by atoms with van der Waals surface area (Å²) in [5, 5.41) is 11.2. The quantitative estimate of drug-likeness (QED) is 0.307. The number of aromatic nitrogens is 3. The van der Waals surface area contributed by atoms with E-state index in [0.717, 1.165) is 6.07 Å². The molecule has 0 radical (unpaired) electrons. The van der Waals surface area contributed by atoms with Gasteiger partial charge in [0.15, 0.2) is 0 Å². The summed E-state index contributed by atoms with van der Waals surface area (Å²) in [4.78, 5) is 37.8. The van der Waals surface area contributed by atoms with E-state index in [0.29, 0.717) is 30.2 Å². The number of anilines is 3. The molecule has 2 aromatic heterocycles. The number of hydrogen-bond acceptors (Lipinski definition) is 7. The summed E-state index contributed by atoms with van der Waals surface area (Å²) >= 11 is 5.72. The van der Waals surface area contributed by atoms with Crippen LogP contribution in [0.25, 0.3) is 0 Å². The molecule has 0 bridgehead atoms. The van der Waals surface area contributed by atoms with E-state index >= 15 is 0 Å². The van der Waals surface area contributed by atoms with Gasteiger partial charge in [-0.15, -0.1) is 0 Å². The Labute approximate surface area is 221 Å². The number of hydrogen-bond donors (Lipinski definition) is 4. The molecule has 13 heteroatoms. The number of benzene rings is 1. The lowest BCUT2D eigenvalue weighted by Gasteiger charge is -2.17. The first kappa shape index (κ1) is 27.1. The molecule has 2 heterocycles. The highest BCUT2D eigenvalue weighted by molar-refractivity contribution is 6.30. The number of nitrogens with zero attached hydrogens (tertiary/aromatic N) is 3. The summed E-state index contributed by atoms with van der Waals surface area (Å²) in [7, 11) is 0. The van der Waals surface area contributed by atoms with Gasteiger partial charge in [-0.3, -0.25) is 14.6 Å². The van der Waals surface area contributed by atoms with Crippen molar-refractivity contribution in [3.05, 3.63) is 70.8 Å². The molecule has 9 nitrogen and oxygen atoms in total. The zero-order chi connectivity index (χ0) is 27.5. The monoisotopic (exact) mass is 547 g/mol. The van der Waals surface area contributed by atoms with Crippen LogP contribution in [0.15, 0.2) is 48.9 Å². The topological polar surface area (TPSA) is 121 Å². The molecule has 0 spiro atoms. The minimum atomic E-state index is -4.58. The highest BCUT2D eigenvalue weighted by Crippen LogP contribution is 2.38. The Morgan fingerprint density at radius 1 is 1.05 bits per heavy atom. The van der Waals surface area contributed by atoms with Crippen molar-refractivity contribution in [2.75, 3.05) is 10.6 Å². The fraction of sp³-hybridized carbons (Fsp3) is 0.320. The number of nitrogens with one attached hydrogen (secondary N) is 4. The molecule has 1 aliphatic rings. The summed E-state index contributed by atoms with van der Waals surface area (Å²) < 4.78 is 39.9. The fourth-order valence-electron chi connectivity index (χ4n) is 3.56. The number of halogens is 4. The van der Waals surface area contributed by atoms with Gasteiger partial charge in [0, 0.05) is 23.5 Å². The maximum absolute atomic E-state index is 13.3. The zero-order valence-electron chi connectivity index (χ0n) is 20.5. The largest absolute Gasteiger partial charge is 0.418 e. The van der Waals surface area contributed by atoms with Crippen LogP contribution in [0.1, 0.15) is 48.3 Å². The zero-order valence-corrected chi connectivity index (χ0v) is 21.2. The van der Waals surface area contributed by atoms with E-state index in [1.807, 2.05) is 13.8 Å². The molecule has 4 rings (SSSR count). The minimum Gasteiger partial charge on any atom is -0.354 e. The Balaban J connectivity index is 1.32. The van der Waals surface area contributed by atoms with Crippen LogP contribution in [-0.4, -0.2) is 38.3 Å². The van der Waals surface area contributed by atoms with E-state index in [4.69, 9.17) is 11.6 Å². The first-order valence-electron chi connectivity index (χ1n) is 11.7. The number of alkyl halides is 3. The summed E-state index contributed by atoms with van der Waals surface area (Å²) in [5.41, 5.74) is -1.02. The minimum absolute atomic E-state index is 0.0260. The normalized spacial score (nSPS) is 14.1. The molecule has 3 aromatic rings. The van der Waals surface area contributed by atoms with Crippen molar-refractivity contribution in [3.8, 4) is 0 Å². The van der Waals surface area contributed by atoms with Crippen LogP contribution < -0.4 is 21.3 Å². The first-order chi connectivity index (χ1) is 17.9. The lowest BCUT2D eigenvalue weighted by Crippen LogP contribution is -2.48. The smallest absolute Gasteiger partial charge is 0.354 e. The third-order valence-electron chi connectivity index (χ3n) is 5.69. The van der Waals surface area contributed by atoms with Crippen LogP contribution >= 0.6 is 11.6 Å². The van der Waals surface area contributed by atoms with Gasteiger partial charge in [-0.25, -0.2) is 9.97 Å². The van der Waals surface area contributed by atoms with E-state index < -0.39 is 23.2 Å². The van der Waals surface area contributed by atoms with Gasteiger partial charge in [0.1, 0.15) is 5.54 Å². The van der Waals surface area contributed by atoms with Gasteiger partial charge in [0.05, 0.1) is 40.9 Å². The Morgan fingerprint density at radius 3 is 2.34 bits per heavy atom. The van der Waals surface area contributed by atoms with E-state index in [1.54, 1.807) is 12.1 Å². The summed E-state index contributed by atoms with van der Waals surface area (Å²) in [6, 6.07) is 6.71. The van der Waals surface area contributed by atoms with E-state index in [9.17, 15) is 22.8 Å². The molecule has 0 aliphatic heterocycles. The van der Waals surface area contributed by atoms with E-state index in [2.05, 4.69) is 36.2 Å². The van der Waals surface area contributed by atoms with Crippen molar-refractivity contribution in [1.82, 2.24) is 25.6 Å². The van der Waals surface area contributed by atoms with Gasteiger partial charge >= 0.3 is 6.18 Å². The molecule has 0 unspecified atom stereocenters. The van der Waals surface area contributed by atoms with Gasteiger partial charge in [0.25, 0.3) is 5.91 Å². The summed E-state index contributed by atoms with van der Waals surface area (Å²) in [6.45, 7) is 3.95. The van der Waals surface area contributed by atoms with Crippen LogP contribution in [0.3, 0.4) is 0 Å². The van der Waals surface area contributed by atoms with Crippen LogP contribution in [0.2, 0.25) is 5.02 Å². The van der Waals surface area contributed by atoms with Crippen LogP contribution in [0.5, 0.6) is 0 Å². The molecule has 38 heavy (non-hydrogen) atoms. The molecule has 2 amide bonds. The standard InChI is InChI=1S/C25H25ClF3N7O2/c1-14(2)34-23-32-10-15(11-33-23)21(37)36-24(7-8-24)22(38)31-12-17-4-5-18(13-30-17)35-20-6-3-16(26)9-19(20)25(27,28)29/h3-6,9-11,13-14,35H,7-8,12H2,1-2H3,(H,31,38)(H,36,37)(H,32,33,34). The lowest BCUT2D eigenvalue weighted by molar-refractivity contribution is -0.137. The second-order valence-corrected chi connectivity index (χ2v) is 9.60. The average Bonchev–Trinajstić information content (AvgIpc) is 3.64. The molecule has 0 saturated heterocycles. The van der Waals surface area contributed by atoms with Crippen molar-refractivity contribution in [1.29, 1.82) is 0 Å². The molecule has 1 aliphatic carbocycles. The van der Waals surface area contributed by atoms with Gasteiger partial charge in [-0.1, -0.05) is 11.6 Å². The predicted molar refractivity (Wildman–Crippen MR) is 136 cm³/mol. The van der Waals surface area contributed by atoms with Crippen molar-refractivity contribution in [2.45, 2.75) is 51.0 Å². The molecule has 4 N–H and O–H groups in total. The molecule has 200 valence electrons. The SMILES string of the molecule is CC(C)Nc1ncc(C(=O)NC2(C(=O)NCc3ccc(Nc4ccc(Cl)cc4C(F)(F)F)cn3)CC2)cn1. The van der Waals surface area contributed by atoms with Crippen molar-refractivity contribution < 1.29 is 22.8 Å². The molecule has 1 fully saturated rings. The molecule has 1 aromatic carbocycles. The Morgan fingerprint density at radius 2 is 1.76 bits per heavy atom. The summed E-state index contributed by atoms with van der Waals surface area (Å²) in [6.07, 6.45) is 0.530. The third-order valence-corrected chi connectivity index (χ3v) is 5.93. The molecular formula is C25H25ClF3N7O2. The van der Waals surface area contributed by atoms with Crippen molar-refractivity contribution >= 4 is 40.7 Å². The van der Waals surface area contributed by atoms with Crippen LogP contribution in [-0.2, 0) is 17.5 Å². The van der Waals surface area contributed by atoms with Crippen LogP contribution in [0, 0.1) is 0 Å². The van der Waals surface area contributed by atoms with Gasteiger partial charge < -0.3 is 21.3 Å². The number of rotatable bonds is 9. The molecule has 0 atom stereocenters. The second-order valence-electron chi connectivity index (χ2n) is 9.16. The number of amides is 2. The van der Waals surface area contributed by atoms with Gasteiger partial charge in [0.2, 0.25) is 11.9 Å². The maximum Gasteiger partial charge on any atom is 0.418 e. The molecular weight excluding hydrogens is 523 g/mol. The first-order valence-corrected chi connectivity index (χ1v) is 12.1. The number of carbonyl (C=O) groups excluding carboxylic acids is 2. The Kier molecular flexibility index (Phi) is 7.72.